The van der Waals surface area contributed by atoms with Crippen molar-refractivity contribution in [2.45, 2.75) is 53.1 Å². The molecule has 1 saturated heterocycles. The van der Waals surface area contributed by atoms with Gasteiger partial charge in [-0.15, -0.1) is 0 Å². The molecule has 1 atom stereocenters. The van der Waals surface area contributed by atoms with Crippen molar-refractivity contribution in [3.8, 4) is 5.75 Å². The lowest BCUT2D eigenvalue weighted by Gasteiger charge is -2.36. The van der Waals surface area contributed by atoms with Gasteiger partial charge in [0, 0.05) is 13.1 Å². The lowest BCUT2D eigenvalue weighted by Crippen LogP contribution is -2.51. The summed E-state index contributed by atoms with van der Waals surface area (Å²) in [5.41, 5.74) is 1.48. The van der Waals surface area contributed by atoms with Crippen LogP contribution in [-0.4, -0.2) is 29.5 Å². The summed E-state index contributed by atoms with van der Waals surface area (Å²) in [6.45, 7) is 11.7. The molecular formula is C18H27NO2. The zero-order valence-corrected chi connectivity index (χ0v) is 13.9. The number of amides is 1. The number of ether oxygens (including phenoxy) is 1. The lowest BCUT2D eigenvalue weighted by atomic mass is 9.98. The van der Waals surface area contributed by atoms with E-state index in [9.17, 15) is 4.79 Å². The molecule has 1 aromatic carbocycles. The molecule has 0 bridgehead atoms. The Morgan fingerprint density at radius 3 is 2.43 bits per heavy atom. The minimum atomic E-state index is -0.822. The summed E-state index contributed by atoms with van der Waals surface area (Å²) in [6.07, 6.45) is 2.30. The number of nitrogens with zero attached hydrogens (tertiary/aromatic N) is 1. The highest BCUT2D eigenvalue weighted by Crippen LogP contribution is 2.25. The molecule has 0 aromatic heterocycles. The molecule has 0 saturated carbocycles. The Morgan fingerprint density at radius 1 is 1.24 bits per heavy atom. The number of hydrogen-bond acceptors (Lipinski definition) is 2. The maximum Gasteiger partial charge on any atom is 0.266 e. The summed E-state index contributed by atoms with van der Waals surface area (Å²) in [7, 11) is 0. The van der Waals surface area contributed by atoms with E-state index in [-0.39, 0.29) is 5.91 Å². The van der Waals surface area contributed by atoms with Gasteiger partial charge < -0.3 is 9.64 Å². The first kappa shape index (κ1) is 15.9. The van der Waals surface area contributed by atoms with Crippen LogP contribution in [-0.2, 0) is 4.79 Å². The highest BCUT2D eigenvalue weighted by Gasteiger charge is 2.35. The van der Waals surface area contributed by atoms with Crippen molar-refractivity contribution >= 4 is 5.91 Å². The lowest BCUT2D eigenvalue weighted by molar-refractivity contribution is -0.147. The Hall–Kier alpha value is -1.51. The second-order valence-corrected chi connectivity index (χ2v) is 6.93. The zero-order valence-electron chi connectivity index (χ0n) is 13.9. The summed E-state index contributed by atoms with van der Waals surface area (Å²) < 4.78 is 6.02. The van der Waals surface area contributed by atoms with Crippen LogP contribution in [0.5, 0.6) is 5.75 Å². The molecule has 1 aliphatic heterocycles. The van der Waals surface area contributed by atoms with Crippen LogP contribution >= 0.6 is 0 Å². The average molecular weight is 289 g/mol. The minimum Gasteiger partial charge on any atom is -0.478 e. The number of hydrogen-bond donors (Lipinski definition) is 0. The van der Waals surface area contributed by atoms with Crippen molar-refractivity contribution < 1.29 is 9.53 Å². The van der Waals surface area contributed by atoms with Gasteiger partial charge in [0.05, 0.1) is 0 Å². The van der Waals surface area contributed by atoms with E-state index < -0.39 is 5.60 Å². The van der Waals surface area contributed by atoms with Crippen LogP contribution in [0, 0.1) is 19.8 Å². The molecule has 0 radical (unpaired) electrons. The van der Waals surface area contributed by atoms with Gasteiger partial charge >= 0.3 is 0 Å². The van der Waals surface area contributed by atoms with Gasteiger partial charge in [0.2, 0.25) is 0 Å². The third kappa shape index (κ3) is 3.99. The van der Waals surface area contributed by atoms with E-state index in [2.05, 4.69) is 13.0 Å². The van der Waals surface area contributed by atoms with Crippen LogP contribution in [0.15, 0.2) is 18.2 Å². The standard InChI is InChI=1S/C18H27NO2/c1-13-7-6-8-19(12-13)17(20)18(4,5)21-16-10-14(2)9-15(3)11-16/h9-11,13H,6-8,12H2,1-5H3/t13-/m1/s1. The molecule has 1 aliphatic rings. The molecule has 0 unspecified atom stereocenters. The topological polar surface area (TPSA) is 29.5 Å². The van der Waals surface area contributed by atoms with Crippen LogP contribution < -0.4 is 4.74 Å². The molecule has 2 rings (SSSR count). The van der Waals surface area contributed by atoms with Gasteiger partial charge in [-0.25, -0.2) is 0 Å². The van der Waals surface area contributed by atoms with Crippen molar-refractivity contribution in [1.82, 2.24) is 4.90 Å². The van der Waals surface area contributed by atoms with E-state index in [1.807, 2.05) is 44.7 Å². The molecular weight excluding hydrogens is 262 g/mol. The summed E-state index contributed by atoms with van der Waals surface area (Å²) in [5.74, 6) is 1.45. The van der Waals surface area contributed by atoms with Gasteiger partial charge in [0.1, 0.15) is 5.75 Å². The van der Waals surface area contributed by atoms with E-state index >= 15 is 0 Å². The molecule has 1 heterocycles. The predicted molar refractivity (Wildman–Crippen MR) is 85.6 cm³/mol. The Bertz CT molecular complexity index is 502. The summed E-state index contributed by atoms with van der Waals surface area (Å²) >= 11 is 0. The highest BCUT2D eigenvalue weighted by atomic mass is 16.5. The van der Waals surface area contributed by atoms with Gasteiger partial charge in [-0.05, 0) is 69.7 Å². The number of carbonyl (C=O) groups is 1. The zero-order chi connectivity index (χ0) is 15.6. The number of benzene rings is 1. The second-order valence-electron chi connectivity index (χ2n) is 6.93. The van der Waals surface area contributed by atoms with Crippen molar-refractivity contribution in [3.05, 3.63) is 29.3 Å². The van der Waals surface area contributed by atoms with E-state index in [1.54, 1.807) is 0 Å². The van der Waals surface area contributed by atoms with Gasteiger partial charge in [-0.3, -0.25) is 4.79 Å². The molecule has 3 nitrogen and oxygen atoms in total. The van der Waals surface area contributed by atoms with Crippen molar-refractivity contribution in [2.75, 3.05) is 13.1 Å². The third-order valence-corrected chi connectivity index (χ3v) is 4.03. The van der Waals surface area contributed by atoms with Crippen LogP contribution in [0.3, 0.4) is 0 Å². The Kier molecular flexibility index (Phi) is 4.60. The molecule has 0 aliphatic carbocycles. The van der Waals surface area contributed by atoms with Crippen LogP contribution in [0.2, 0.25) is 0 Å². The van der Waals surface area contributed by atoms with E-state index in [0.29, 0.717) is 5.92 Å². The maximum absolute atomic E-state index is 12.7. The van der Waals surface area contributed by atoms with E-state index in [0.717, 1.165) is 36.4 Å². The van der Waals surface area contributed by atoms with Gasteiger partial charge in [0.25, 0.3) is 5.91 Å². The smallest absolute Gasteiger partial charge is 0.266 e. The third-order valence-electron chi connectivity index (χ3n) is 4.03. The SMILES string of the molecule is Cc1cc(C)cc(OC(C)(C)C(=O)N2CCC[C@@H](C)C2)c1. The number of carbonyl (C=O) groups excluding carboxylic acids is 1. The molecule has 1 amide bonds. The fourth-order valence-corrected chi connectivity index (χ4v) is 3.08. The van der Waals surface area contributed by atoms with Crippen molar-refractivity contribution in [1.29, 1.82) is 0 Å². The van der Waals surface area contributed by atoms with E-state index in [4.69, 9.17) is 4.74 Å². The first-order valence-corrected chi connectivity index (χ1v) is 7.84. The predicted octanol–water partition coefficient (Wildman–Crippen LogP) is 3.72. The Labute approximate surface area is 128 Å². The monoisotopic (exact) mass is 289 g/mol. The van der Waals surface area contributed by atoms with Crippen molar-refractivity contribution in [2.24, 2.45) is 5.92 Å². The number of likely N-dealkylation sites (tertiary alicyclic amines) is 1. The minimum absolute atomic E-state index is 0.0909. The Morgan fingerprint density at radius 2 is 1.86 bits per heavy atom. The second kappa shape index (κ2) is 6.08. The van der Waals surface area contributed by atoms with Crippen LogP contribution in [0.4, 0.5) is 0 Å². The molecule has 116 valence electrons. The van der Waals surface area contributed by atoms with Gasteiger partial charge in [-0.1, -0.05) is 13.0 Å². The molecule has 1 aromatic rings. The first-order chi connectivity index (χ1) is 9.78. The highest BCUT2D eigenvalue weighted by molar-refractivity contribution is 5.85. The largest absolute Gasteiger partial charge is 0.478 e. The number of piperidine rings is 1. The fraction of sp³-hybridized carbons (Fsp3) is 0.611. The maximum atomic E-state index is 12.7. The number of aryl methyl sites for hydroxylation is 2. The molecule has 0 spiro atoms. The quantitative estimate of drug-likeness (QED) is 0.848. The normalized spacial score (nSPS) is 19.5. The summed E-state index contributed by atoms with van der Waals surface area (Å²) in [6, 6.07) is 6.08. The average Bonchev–Trinajstić information content (AvgIpc) is 2.35. The molecule has 0 N–H and O–H groups in total. The van der Waals surface area contributed by atoms with Crippen molar-refractivity contribution in [3.63, 3.8) is 0 Å². The first-order valence-electron chi connectivity index (χ1n) is 7.84. The molecule has 3 heteroatoms. The number of rotatable bonds is 3. The summed E-state index contributed by atoms with van der Waals surface area (Å²) in [5, 5.41) is 0. The van der Waals surface area contributed by atoms with Crippen LogP contribution in [0.25, 0.3) is 0 Å². The van der Waals surface area contributed by atoms with Gasteiger partial charge in [-0.2, -0.15) is 0 Å². The summed E-state index contributed by atoms with van der Waals surface area (Å²) in [4.78, 5) is 14.7. The van der Waals surface area contributed by atoms with E-state index in [1.165, 1.54) is 6.42 Å². The van der Waals surface area contributed by atoms with Crippen LogP contribution in [0.1, 0.15) is 44.7 Å². The van der Waals surface area contributed by atoms with Gasteiger partial charge in [0.15, 0.2) is 5.60 Å². The fourth-order valence-electron chi connectivity index (χ4n) is 3.08. The molecule has 1 fully saturated rings. The Balaban J connectivity index is 2.11. The molecule has 21 heavy (non-hydrogen) atoms.